The average molecular weight is 211 g/mol. The fourth-order valence-electron chi connectivity index (χ4n) is 1.69. The summed E-state index contributed by atoms with van der Waals surface area (Å²) in [5.41, 5.74) is 0. The van der Waals surface area contributed by atoms with E-state index in [1.807, 2.05) is 0 Å². The second-order valence-electron chi connectivity index (χ2n) is 3.90. The molecule has 0 radical (unpaired) electrons. The predicted molar refractivity (Wildman–Crippen MR) is 54.5 cm³/mol. The summed E-state index contributed by atoms with van der Waals surface area (Å²) in [5, 5.41) is 1.51. The Labute approximate surface area is 74.5 Å². The van der Waals surface area contributed by atoms with Gasteiger partial charge in [0.2, 0.25) is 0 Å². The van der Waals surface area contributed by atoms with Gasteiger partial charge < -0.3 is 0 Å². The third kappa shape index (κ3) is 2.86. The molecule has 0 saturated heterocycles. The summed E-state index contributed by atoms with van der Waals surface area (Å²) in [5.74, 6) is 3.43. The fraction of sp³-hybridized carbons (Fsp3) is 0.600. The second-order valence-corrected chi connectivity index (χ2v) is 10.2. The van der Waals surface area contributed by atoms with Crippen LogP contribution in [0.1, 0.15) is 20.3 Å². The zero-order valence-corrected chi connectivity index (χ0v) is 10.2. The summed E-state index contributed by atoms with van der Waals surface area (Å²) < 4.78 is 1.80. The van der Waals surface area contributed by atoms with Crippen LogP contribution in [0.3, 0.4) is 0 Å². The molecule has 62 valence electrons. The quantitative estimate of drug-likeness (QED) is 0.629. The van der Waals surface area contributed by atoms with Crippen LogP contribution < -0.4 is 0 Å². The molecule has 0 aromatic rings. The molecule has 0 bridgehead atoms. The minimum atomic E-state index is -0.968. The van der Waals surface area contributed by atoms with Crippen molar-refractivity contribution in [1.82, 2.24) is 0 Å². The molecule has 1 aliphatic rings. The van der Waals surface area contributed by atoms with Crippen LogP contribution in [0.25, 0.3) is 0 Å². The van der Waals surface area contributed by atoms with E-state index in [1.165, 1.54) is 11.7 Å². The van der Waals surface area contributed by atoms with Crippen LogP contribution >= 0.6 is 0 Å². The van der Waals surface area contributed by atoms with Crippen LogP contribution in [0, 0.1) is 5.92 Å². The fourth-order valence-corrected chi connectivity index (χ4v) is 7.34. The molecular weight excluding hydrogens is 193 g/mol. The summed E-state index contributed by atoms with van der Waals surface area (Å²) in [6, 6.07) is 0. The van der Waals surface area contributed by atoms with Gasteiger partial charge in [0.25, 0.3) is 0 Å². The first-order valence-electron chi connectivity index (χ1n) is 4.55. The van der Waals surface area contributed by atoms with Crippen LogP contribution in [0.15, 0.2) is 22.6 Å². The topological polar surface area (TPSA) is 0 Å². The van der Waals surface area contributed by atoms with E-state index in [9.17, 15) is 0 Å². The van der Waals surface area contributed by atoms with Gasteiger partial charge in [0, 0.05) is 0 Å². The Bertz CT molecular complexity index is 177. The Hall–Kier alpha value is 0.0229. The molecule has 1 rings (SSSR count). The van der Waals surface area contributed by atoms with E-state index in [0.717, 1.165) is 5.92 Å². The molecule has 0 aromatic heterocycles. The van der Waals surface area contributed by atoms with Gasteiger partial charge in [0.15, 0.2) is 0 Å². The molecule has 0 aliphatic heterocycles. The van der Waals surface area contributed by atoms with Gasteiger partial charge in [0.1, 0.15) is 0 Å². The van der Waals surface area contributed by atoms with Crippen molar-refractivity contribution < 1.29 is 0 Å². The van der Waals surface area contributed by atoms with E-state index in [-0.39, 0.29) is 0 Å². The van der Waals surface area contributed by atoms with Gasteiger partial charge in [-0.1, -0.05) is 0 Å². The van der Waals surface area contributed by atoms with Crippen molar-refractivity contribution in [2.75, 3.05) is 0 Å². The summed E-state index contributed by atoms with van der Waals surface area (Å²) in [4.78, 5) is 0. The molecule has 0 aromatic carbocycles. The molecule has 1 aliphatic carbocycles. The van der Waals surface area contributed by atoms with Crippen molar-refractivity contribution in [3.63, 3.8) is 0 Å². The molecule has 0 heterocycles. The summed E-state index contributed by atoms with van der Waals surface area (Å²) >= 11 is -0.968. The monoisotopic (exact) mass is 212 g/mol. The molecule has 0 fully saturated rings. The van der Waals surface area contributed by atoms with Gasteiger partial charge in [0.05, 0.1) is 0 Å². The van der Waals surface area contributed by atoms with E-state index < -0.39 is 14.3 Å². The Balaban J connectivity index is 2.36. The van der Waals surface area contributed by atoms with Gasteiger partial charge in [-0.25, -0.2) is 0 Å². The third-order valence-electron chi connectivity index (χ3n) is 2.26. The molecule has 11 heavy (non-hydrogen) atoms. The first-order chi connectivity index (χ1) is 5.20. The number of allylic oxidation sites excluding steroid dienone is 4. The summed E-state index contributed by atoms with van der Waals surface area (Å²) in [6.45, 7) is 4.68. The van der Waals surface area contributed by atoms with E-state index in [1.54, 1.807) is 4.41 Å². The SMILES string of the molecule is CC(C)[CH2][GeH]([CH3])[C]1=CC=CC1. The molecule has 0 spiro atoms. The van der Waals surface area contributed by atoms with Gasteiger partial charge in [-0.2, -0.15) is 0 Å². The van der Waals surface area contributed by atoms with E-state index in [4.69, 9.17) is 0 Å². The summed E-state index contributed by atoms with van der Waals surface area (Å²) in [6.07, 6.45) is 8.13. The van der Waals surface area contributed by atoms with Crippen molar-refractivity contribution in [3.05, 3.63) is 22.6 Å². The van der Waals surface area contributed by atoms with E-state index in [0.29, 0.717) is 0 Å². The molecular formula is C10H18Ge. The van der Waals surface area contributed by atoms with Crippen LogP contribution in [0.4, 0.5) is 0 Å². The first-order valence-corrected chi connectivity index (χ1v) is 9.90. The van der Waals surface area contributed by atoms with Gasteiger partial charge in [-0.15, -0.1) is 0 Å². The van der Waals surface area contributed by atoms with Crippen LogP contribution in [-0.2, 0) is 0 Å². The summed E-state index contributed by atoms with van der Waals surface area (Å²) in [7, 11) is 0. The van der Waals surface area contributed by atoms with E-state index in [2.05, 4.69) is 37.8 Å². The molecule has 0 nitrogen and oxygen atoms in total. The number of hydrogen-bond donors (Lipinski definition) is 0. The first kappa shape index (κ1) is 9.11. The van der Waals surface area contributed by atoms with Crippen molar-refractivity contribution in [3.8, 4) is 0 Å². The van der Waals surface area contributed by atoms with E-state index >= 15 is 0 Å². The molecule has 0 N–H and O–H groups in total. The second kappa shape index (κ2) is 4.15. The van der Waals surface area contributed by atoms with Crippen LogP contribution in [0.5, 0.6) is 0 Å². The Morgan fingerprint density at radius 2 is 2.27 bits per heavy atom. The molecule has 0 saturated carbocycles. The number of rotatable bonds is 3. The van der Waals surface area contributed by atoms with Crippen molar-refractivity contribution in [1.29, 1.82) is 0 Å². The predicted octanol–water partition coefficient (Wildman–Crippen LogP) is 2.92. The third-order valence-corrected chi connectivity index (χ3v) is 9.27. The Morgan fingerprint density at radius 1 is 1.55 bits per heavy atom. The molecule has 1 unspecified atom stereocenters. The standard InChI is InChI=1S/C10H18Ge/c1-9(2)8-11(3)10-6-4-5-7-10/h4-6,9,11H,7-8H2,1-3H3. The Kier molecular flexibility index (Phi) is 3.44. The normalized spacial score (nSPS) is 19.1. The maximum atomic E-state index is 2.52. The molecule has 1 heteroatoms. The maximum absolute atomic E-state index is 2.52. The molecule has 0 amide bonds. The van der Waals surface area contributed by atoms with Gasteiger partial charge in [-0.05, 0) is 0 Å². The molecule has 1 atom stereocenters. The van der Waals surface area contributed by atoms with Crippen molar-refractivity contribution in [2.45, 2.75) is 31.3 Å². The van der Waals surface area contributed by atoms with Crippen LogP contribution in [0.2, 0.25) is 11.0 Å². The number of hydrogen-bond acceptors (Lipinski definition) is 0. The van der Waals surface area contributed by atoms with Crippen molar-refractivity contribution >= 4 is 14.3 Å². The zero-order chi connectivity index (χ0) is 8.27. The Morgan fingerprint density at radius 3 is 2.73 bits per heavy atom. The van der Waals surface area contributed by atoms with Gasteiger partial charge in [-0.3, -0.25) is 0 Å². The van der Waals surface area contributed by atoms with Crippen LogP contribution in [-0.4, -0.2) is 14.3 Å². The van der Waals surface area contributed by atoms with Gasteiger partial charge >= 0.3 is 74.2 Å². The minimum absolute atomic E-state index is 0.909. The van der Waals surface area contributed by atoms with Crippen molar-refractivity contribution in [2.24, 2.45) is 5.92 Å². The average Bonchev–Trinajstić information content (AvgIpc) is 2.35. The zero-order valence-electron chi connectivity index (χ0n) is 7.80.